The Morgan fingerprint density at radius 2 is 2.30 bits per heavy atom. The summed E-state index contributed by atoms with van der Waals surface area (Å²) in [4.78, 5) is 14.2. The lowest BCUT2D eigenvalue weighted by atomic mass is 9.95. The molecule has 0 aromatic rings. The Morgan fingerprint density at radius 3 is 2.85 bits per heavy atom. The highest BCUT2D eigenvalue weighted by atomic mass is 16.5. The molecule has 1 saturated heterocycles. The number of likely N-dealkylation sites (N-methyl/N-ethyl adjacent to an activating group) is 2. The van der Waals surface area contributed by atoms with Gasteiger partial charge in [-0.25, -0.2) is 0 Å². The van der Waals surface area contributed by atoms with Crippen molar-refractivity contribution in [3.63, 3.8) is 0 Å². The number of esters is 1. The summed E-state index contributed by atoms with van der Waals surface area (Å²) in [6.45, 7) is 7.54. The normalized spacial score (nSPS) is 21.9. The molecule has 20 heavy (non-hydrogen) atoms. The van der Waals surface area contributed by atoms with Crippen LogP contribution in [0.1, 0.15) is 39.5 Å². The van der Waals surface area contributed by atoms with Crippen molar-refractivity contribution in [3.8, 4) is 0 Å². The van der Waals surface area contributed by atoms with Crippen molar-refractivity contribution < 1.29 is 14.3 Å². The molecule has 0 aromatic heterocycles. The Labute approximate surface area is 123 Å². The molecule has 2 unspecified atom stereocenters. The van der Waals surface area contributed by atoms with Gasteiger partial charge in [-0.15, -0.1) is 0 Å². The largest absolute Gasteiger partial charge is 0.468 e. The summed E-state index contributed by atoms with van der Waals surface area (Å²) in [5, 5.41) is 3.24. The SMILES string of the molecule is CCNC(C)(CCCN(C)CC1CCCO1)C(=O)OC. The maximum absolute atomic E-state index is 11.9. The van der Waals surface area contributed by atoms with Crippen LogP contribution in [0.2, 0.25) is 0 Å². The molecule has 0 spiro atoms. The first kappa shape index (κ1) is 17.4. The van der Waals surface area contributed by atoms with Gasteiger partial charge in [0.05, 0.1) is 13.2 Å². The highest BCUT2D eigenvalue weighted by Crippen LogP contribution is 2.16. The molecule has 0 amide bonds. The number of nitrogens with zero attached hydrogens (tertiary/aromatic N) is 1. The van der Waals surface area contributed by atoms with Crippen LogP contribution < -0.4 is 5.32 Å². The topological polar surface area (TPSA) is 50.8 Å². The summed E-state index contributed by atoms with van der Waals surface area (Å²) >= 11 is 0. The van der Waals surface area contributed by atoms with Gasteiger partial charge in [0.2, 0.25) is 0 Å². The number of ether oxygens (including phenoxy) is 2. The van der Waals surface area contributed by atoms with Crippen molar-refractivity contribution >= 4 is 5.97 Å². The molecule has 0 saturated carbocycles. The summed E-state index contributed by atoms with van der Waals surface area (Å²) in [6.07, 6.45) is 4.48. The van der Waals surface area contributed by atoms with Crippen LogP contribution in [0.5, 0.6) is 0 Å². The molecule has 1 N–H and O–H groups in total. The minimum Gasteiger partial charge on any atom is -0.468 e. The molecule has 1 rings (SSSR count). The number of hydrogen-bond acceptors (Lipinski definition) is 5. The Morgan fingerprint density at radius 1 is 1.55 bits per heavy atom. The van der Waals surface area contributed by atoms with Crippen molar-refractivity contribution in [2.75, 3.05) is 40.4 Å². The van der Waals surface area contributed by atoms with E-state index in [-0.39, 0.29) is 5.97 Å². The van der Waals surface area contributed by atoms with Crippen LogP contribution in [0.15, 0.2) is 0 Å². The average Bonchev–Trinajstić information content (AvgIpc) is 2.90. The van der Waals surface area contributed by atoms with E-state index in [0.717, 1.165) is 39.1 Å². The van der Waals surface area contributed by atoms with E-state index in [1.54, 1.807) is 0 Å². The summed E-state index contributed by atoms with van der Waals surface area (Å²) in [5.41, 5.74) is -0.575. The third-order valence-corrected chi connectivity index (χ3v) is 3.96. The van der Waals surface area contributed by atoms with E-state index in [0.29, 0.717) is 6.10 Å². The van der Waals surface area contributed by atoms with Gasteiger partial charge in [-0.1, -0.05) is 6.92 Å². The number of rotatable bonds is 9. The summed E-state index contributed by atoms with van der Waals surface area (Å²) in [7, 11) is 3.56. The Balaban J connectivity index is 2.30. The van der Waals surface area contributed by atoms with E-state index < -0.39 is 5.54 Å². The van der Waals surface area contributed by atoms with Crippen molar-refractivity contribution in [1.82, 2.24) is 10.2 Å². The predicted molar refractivity (Wildman–Crippen MR) is 79.8 cm³/mol. The number of hydrogen-bond donors (Lipinski definition) is 1. The van der Waals surface area contributed by atoms with Crippen LogP contribution in [0.25, 0.3) is 0 Å². The average molecular weight is 286 g/mol. The molecule has 0 radical (unpaired) electrons. The van der Waals surface area contributed by atoms with E-state index >= 15 is 0 Å². The van der Waals surface area contributed by atoms with Gasteiger partial charge in [-0.3, -0.25) is 4.79 Å². The van der Waals surface area contributed by atoms with Crippen molar-refractivity contribution in [2.45, 2.75) is 51.2 Å². The molecule has 0 aliphatic carbocycles. The highest BCUT2D eigenvalue weighted by Gasteiger charge is 2.32. The fraction of sp³-hybridized carbons (Fsp3) is 0.933. The van der Waals surface area contributed by atoms with Gasteiger partial charge in [-0.05, 0) is 52.7 Å². The van der Waals surface area contributed by atoms with Crippen LogP contribution in [-0.4, -0.2) is 62.9 Å². The Bertz CT molecular complexity index is 293. The molecule has 5 nitrogen and oxygen atoms in total. The second-order valence-corrected chi connectivity index (χ2v) is 5.85. The van der Waals surface area contributed by atoms with Crippen LogP contribution in [0, 0.1) is 0 Å². The summed E-state index contributed by atoms with van der Waals surface area (Å²) < 4.78 is 10.5. The van der Waals surface area contributed by atoms with Crippen molar-refractivity contribution in [1.29, 1.82) is 0 Å². The van der Waals surface area contributed by atoms with Gasteiger partial charge in [0.15, 0.2) is 0 Å². The third kappa shape index (κ3) is 5.38. The van der Waals surface area contributed by atoms with E-state index in [1.807, 2.05) is 13.8 Å². The highest BCUT2D eigenvalue weighted by molar-refractivity contribution is 5.80. The number of carbonyl (C=O) groups is 1. The van der Waals surface area contributed by atoms with Crippen LogP contribution in [0.4, 0.5) is 0 Å². The van der Waals surface area contributed by atoms with Gasteiger partial charge >= 0.3 is 5.97 Å². The molecule has 0 aromatic carbocycles. The second-order valence-electron chi connectivity index (χ2n) is 5.85. The molecule has 118 valence electrons. The zero-order valence-electron chi connectivity index (χ0n) is 13.4. The van der Waals surface area contributed by atoms with Crippen LogP contribution >= 0.6 is 0 Å². The molecular weight excluding hydrogens is 256 g/mol. The predicted octanol–water partition coefficient (Wildman–Crippen LogP) is 1.42. The number of nitrogens with one attached hydrogen (secondary N) is 1. The van der Waals surface area contributed by atoms with E-state index in [9.17, 15) is 4.79 Å². The van der Waals surface area contributed by atoms with Crippen LogP contribution in [0.3, 0.4) is 0 Å². The molecule has 0 bridgehead atoms. The maximum Gasteiger partial charge on any atom is 0.325 e. The minimum atomic E-state index is -0.575. The number of methoxy groups -OCH3 is 1. The zero-order chi connectivity index (χ0) is 15.0. The Kier molecular flexibility index (Phi) is 7.48. The van der Waals surface area contributed by atoms with E-state index in [4.69, 9.17) is 9.47 Å². The first-order valence-corrected chi connectivity index (χ1v) is 7.65. The van der Waals surface area contributed by atoms with Gasteiger partial charge in [-0.2, -0.15) is 0 Å². The standard InChI is InChI=1S/C15H30N2O3/c1-5-16-15(2,14(18)19-4)9-7-10-17(3)12-13-8-6-11-20-13/h13,16H,5-12H2,1-4H3. The van der Waals surface area contributed by atoms with Crippen molar-refractivity contribution in [2.24, 2.45) is 0 Å². The van der Waals surface area contributed by atoms with E-state index in [1.165, 1.54) is 20.0 Å². The fourth-order valence-corrected chi connectivity index (χ4v) is 2.81. The lowest BCUT2D eigenvalue weighted by Gasteiger charge is -2.28. The molecule has 1 aliphatic rings. The second kappa shape index (κ2) is 8.60. The van der Waals surface area contributed by atoms with Crippen LogP contribution in [-0.2, 0) is 14.3 Å². The van der Waals surface area contributed by atoms with Gasteiger partial charge in [0.25, 0.3) is 0 Å². The Hall–Kier alpha value is -0.650. The molecule has 1 fully saturated rings. The minimum absolute atomic E-state index is 0.180. The monoisotopic (exact) mass is 286 g/mol. The summed E-state index contributed by atoms with van der Waals surface area (Å²) in [6, 6.07) is 0. The molecule has 1 heterocycles. The zero-order valence-corrected chi connectivity index (χ0v) is 13.4. The van der Waals surface area contributed by atoms with Gasteiger partial charge < -0.3 is 19.7 Å². The van der Waals surface area contributed by atoms with Gasteiger partial charge in [0, 0.05) is 13.2 Å². The maximum atomic E-state index is 11.9. The molecule has 2 atom stereocenters. The first-order valence-electron chi connectivity index (χ1n) is 7.65. The van der Waals surface area contributed by atoms with E-state index in [2.05, 4.69) is 17.3 Å². The molecular formula is C15H30N2O3. The smallest absolute Gasteiger partial charge is 0.325 e. The third-order valence-electron chi connectivity index (χ3n) is 3.96. The summed E-state index contributed by atoms with van der Waals surface area (Å²) in [5.74, 6) is -0.180. The quantitative estimate of drug-likeness (QED) is 0.650. The lowest BCUT2D eigenvalue weighted by Crippen LogP contribution is -2.50. The lowest BCUT2D eigenvalue weighted by molar-refractivity contribution is -0.148. The first-order chi connectivity index (χ1) is 9.51. The molecule has 5 heteroatoms. The van der Waals surface area contributed by atoms with Crippen molar-refractivity contribution in [3.05, 3.63) is 0 Å². The molecule has 1 aliphatic heterocycles. The fourth-order valence-electron chi connectivity index (χ4n) is 2.81. The van der Waals surface area contributed by atoms with Gasteiger partial charge in [0.1, 0.15) is 5.54 Å². The number of carbonyl (C=O) groups excluding carboxylic acids is 1.